The summed E-state index contributed by atoms with van der Waals surface area (Å²) in [5.74, 6) is 0.222. The van der Waals surface area contributed by atoms with Gasteiger partial charge in [-0.15, -0.1) is 11.3 Å². The van der Waals surface area contributed by atoms with Gasteiger partial charge in [-0.2, -0.15) is 0 Å². The van der Waals surface area contributed by atoms with Crippen LogP contribution in [0.1, 0.15) is 44.8 Å². The van der Waals surface area contributed by atoms with Gasteiger partial charge in [0.2, 0.25) is 0 Å². The quantitative estimate of drug-likeness (QED) is 0.227. The summed E-state index contributed by atoms with van der Waals surface area (Å²) in [4.78, 5) is 19.3. The first-order valence-corrected chi connectivity index (χ1v) is 13.5. The number of rotatable bonds is 8. The highest BCUT2D eigenvalue weighted by Crippen LogP contribution is 2.41. The molecule has 1 amide bonds. The third kappa shape index (κ3) is 5.74. The smallest absolute Gasteiger partial charge is 0.259 e. The highest BCUT2D eigenvalue weighted by molar-refractivity contribution is 7.16. The molecule has 4 aromatic rings. The number of benzene rings is 3. The molecule has 5 nitrogen and oxygen atoms in total. The summed E-state index contributed by atoms with van der Waals surface area (Å²) in [6.07, 6.45) is 5.66. The minimum absolute atomic E-state index is 0.0107. The van der Waals surface area contributed by atoms with Crippen molar-refractivity contribution < 1.29 is 18.7 Å². The van der Waals surface area contributed by atoms with Crippen LogP contribution in [0.4, 0.5) is 15.1 Å². The molecule has 1 heterocycles. The number of anilines is 1. The van der Waals surface area contributed by atoms with Gasteiger partial charge in [0, 0.05) is 22.3 Å². The number of aryl methyl sites for hydroxylation is 1. The first kappa shape index (κ1) is 25.9. The SMILES string of the molecule is COc1cc(C=Nc2sc3c(c2C(=O)Nc2ccccc2)CCCC3)cc(Cl)c1OCc1ccccc1F. The van der Waals surface area contributed by atoms with Crippen LogP contribution in [0.5, 0.6) is 11.5 Å². The van der Waals surface area contributed by atoms with E-state index in [4.69, 9.17) is 26.1 Å². The van der Waals surface area contributed by atoms with Crippen molar-refractivity contribution in [1.29, 1.82) is 0 Å². The lowest BCUT2D eigenvalue weighted by molar-refractivity contribution is 0.102. The van der Waals surface area contributed by atoms with Crippen LogP contribution in [0.2, 0.25) is 5.02 Å². The molecule has 1 aliphatic rings. The van der Waals surface area contributed by atoms with Crippen LogP contribution in [-0.4, -0.2) is 19.2 Å². The summed E-state index contributed by atoms with van der Waals surface area (Å²) in [7, 11) is 1.52. The largest absolute Gasteiger partial charge is 0.493 e. The number of amides is 1. The summed E-state index contributed by atoms with van der Waals surface area (Å²) >= 11 is 8.09. The van der Waals surface area contributed by atoms with E-state index in [0.29, 0.717) is 38.2 Å². The number of carbonyl (C=O) groups is 1. The predicted molar refractivity (Wildman–Crippen MR) is 151 cm³/mol. The van der Waals surface area contributed by atoms with Crippen molar-refractivity contribution in [3.05, 3.63) is 105 Å². The Morgan fingerprint density at radius 3 is 2.66 bits per heavy atom. The Kier molecular flexibility index (Phi) is 8.05. The number of thiophene rings is 1. The van der Waals surface area contributed by atoms with E-state index in [2.05, 4.69) is 5.32 Å². The summed E-state index contributed by atoms with van der Waals surface area (Å²) in [5, 5.41) is 3.99. The predicted octanol–water partition coefficient (Wildman–Crippen LogP) is 8.01. The molecule has 194 valence electrons. The highest BCUT2D eigenvalue weighted by Gasteiger charge is 2.25. The van der Waals surface area contributed by atoms with Crippen molar-refractivity contribution in [2.75, 3.05) is 12.4 Å². The molecular formula is C30H26ClFN2O3S. The Morgan fingerprint density at radius 2 is 1.87 bits per heavy atom. The van der Waals surface area contributed by atoms with E-state index in [1.54, 1.807) is 47.9 Å². The molecule has 0 unspecified atom stereocenters. The van der Waals surface area contributed by atoms with Gasteiger partial charge < -0.3 is 14.8 Å². The Hall–Kier alpha value is -3.68. The van der Waals surface area contributed by atoms with Crippen LogP contribution >= 0.6 is 22.9 Å². The summed E-state index contributed by atoms with van der Waals surface area (Å²) in [5.41, 5.74) is 3.57. The molecule has 1 aromatic heterocycles. The maximum Gasteiger partial charge on any atom is 0.259 e. The molecule has 0 atom stereocenters. The van der Waals surface area contributed by atoms with E-state index >= 15 is 0 Å². The molecule has 8 heteroatoms. The van der Waals surface area contributed by atoms with Gasteiger partial charge in [0.05, 0.1) is 17.7 Å². The number of hydrogen-bond donors (Lipinski definition) is 1. The van der Waals surface area contributed by atoms with E-state index in [-0.39, 0.29) is 18.3 Å². The van der Waals surface area contributed by atoms with E-state index in [1.807, 2.05) is 30.3 Å². The van der Waals surface area contributed by atoms with Crippen LogP contribution in [-0.2, 0) is 19.4 Å². The normalized spacial score (nSPS) is 12.8. The molecule has 0 spiro atoms. The maximum absolute atomic E-state index is 14.0. The van der Waals surface area contributed by atoms with Gasteiger partial charge in [0.15, 0.2) is 11.5 Å². The Labute approximate surface area is 229 Å². The Bertz CT molecular complexity index is 1490. The third-order valence-corrected chi connectivity index (χ3v) is 7.80. The van der Waals surface area contributed by atoms with Gasteiger partial charge in [-0.3, -0.25) is 4.79 Å². The fraction of sp³-hybridized carbons (Fsp3) is 0.200. The van der Waals surface area contributed by atoms with Crippen molar-refractivity contribution >= 4 is 45.7 Å². The fourth-order valence-electron chi connectivity index (χ4n) is 4.44. The number of aliphatic imine (C=N–C) groups is 1. The number of methoxy groups -OCH3 is 1. The summed E-state index contributed by atoms with van der Waals surface area (Å²) in [6.45, 7) is 0.0107. The molecule has 0 bridgehead atoms. The number of carbonyl (C=O) groups excluding carboxylic acids is 1. The number of nitrogens with one attached hydrogen (secondary N) is 1. The van der Waals surface area contributed by atoms with Crippen molar-refractivity contribution in [3.63, 3.8) is 0 Å². The molecule has 1 aliphatic carbocycles. The minimum Gasteiger partial charge on any atom is -0.493 e. The standard InChI is InChI=1S/C30H26ClFN2O3S/c1-36-25-16-19(15-23(31)28(25)37-18-20-9-5-7-13-24(20)32)17-33-30-27(22-12-6-8-14-26(22)38-30)29(35)34-21-10-3-2-4-11-21/h2-5,7,9-11,13,15-17H,6,8,12,14,18H2,1H3,(H,34,35). The summed E-state index contributed by atoms with van der Waals surface area (Å²) in [6, 6.07) is 19.3. The number of fused-ring (bicyclic) bond motifs is 1. The highest BCUT2D eigenvalue weighted by atomic mass is 35.5. The molecule has 5 rings (SSSR count). The number of para-hydroxylation sites is 1. The molecule has 0 saturated carbocycles. The lowest BCUT2D eigenvalue weighted by atomic mass is 9.95. The molecule has 0 aliphatic heterocycles. The van der Waals surface area contributed by atoms with Crippen molar-refractivity contribution in [1.82, 2.24) is 0 Å². The van der Waals surface area contributed by atoms with Gasteiger partial charge in [-0.1, -0.05) is 48.0 Å². The van der Waals surface area contributed by atoms with Crippen molar-refractivity contribution in [2.24, 2.45) is 4.99 Å². The van der Waals surface area contributed by atoms with E-state index in [9.17, 15) is 9.18 Å². The molecule has 38 heavy (non-hydrogen) atoms. The topological polar surface area (TPSA) is 59.9 Å². The number of ether oxygens (including phenoxy) is 2. The van der Waals surface area contributed by atoms with E-state index in [0.717, 1.165) is 36.9 Å². The van der Waals surface area contributed by atoms with E-state index < -0.39 is 0 Å². The van der Waals surface area contributed by atoms with Gasteiger partial charge in [-0.25, -0.2) is 9.38 Å². The van der Waals surface area contributed by atoms with E-state index in [1.165, 1.54) is 18.1 Å². The Morgan fingerprint density at radius 1 is 1.11 bits per heavy atom. The zero-order valence-electron chi connectivity index (χ0n) is 20.8. The van der Waals surface area contributed by atoms with Crippen molar-refractivity contribution in [3.8, 4) is 11.5 Å². The van der Waals surface area contributed by atoms with Gasteiger partial charge in [-0.05, 0) is 67.1 Å². The van der Waals surface area contributed by atoms with Crippen LogP contribution in [0, 0.1) is 5.82 Å². The second-order valence-corrected chi connectivity index (χ2v) is 10.4. The molecular weight excluding hydrogens is 523 g/mol. The zero-order chi connectivity index (χ0) is 26.5. The molecule has 0 saturated heterocycles. The lowest BCUT2D eigenvalue weighted by Gasteiger charge is -2.14. The van der Waals surface area contributed by atoms with Crippen LogP contribution in [0.25, 0.3) is 0 Å². The summed E-state index contributed by atoms with van der Waals surface area (Å²) < 4.78 is 25.3. The van der Waals surface area contributed by atoms with Crippen LogP contribution in [0.15, 0.2) is 71.7 Å². The minimum atomic E-state index is -0.350. The number of halogens is 2. The third-order valence-electron chi connectivity index (χ3n) is 6.32. The maximum atomic E-state index is 14.0. The molecule has 1 N–H and O–H groups in total. The van der Waals surface area contributed by atoms with Crippen LogP contribution in [0.3, 0.4) is 0 Å². The van der Waals surface area contributed by atoms with Crippen molar-refractivity contribution in [2.45, 2.75) is 32.3 Å². The monoisotopic (exact) mass is 548 g/mol. The number of hydrogen-bond acceptors (Lipinski definition) is 5. The Balaban J connectivity index is 1.41. The average molecular weight is 549 g/mol. The average Bonchev–Trinajstić information content (AvgIpc) is 3.31. The molecule has 0 radical (unpaired) electrons. The number of nitrogens with zero attached hydrogens (tertiary/aromatic N) is 1. The second kappa shape index (κ2) is 11.8. The van der Waals surface area contributed by atoms with Gasteiger partial charge in [0.25, 0.3) is 5.91 Å². The van der Waals surface area contributed by atoms with Gasteiger partial charge >= 0.3 is 0 Å². The first-order chi connectivity index (χ1) is 18.5. The first-order valence-electron chi connectivity index (χ1n) is 12.3. The van der Waals surface area contributed by atoms with Gasteiger partial charge in [0.1, 0.15) is 17.4 Å². The van der Waals surface area contributed by atoms with Crippen LogP contribution < -0.4 is 14.8 Å². The zero-order valence-corrected chi connectivity index (χ0v) is 22.4. The molecule has 3 aromatic carbocycles. The molecule has 0 fully saturated rings. The fourth-order valence-corrected chi connectivity index (χ4v) is 5.95. The lowest BCUT2D eigenvalue weighted by Crippen LogP contribution is -2.14. The second-order valence-electron chi connectivity index (χ2n) is 8.88.